The molecule has 0 bridgehead atoms. The molecular weight excluding hydrogens is 250 g/mol. The zero-order chi connectivity index (χ0) is 14.1. The molecule has 0 atom stereocenters. The maximum Gasteiger partial charge on any atom is 0.211 e. The number of nitrogens with zero attached hydrogens (tertiary/aromatic N) is 2. The zero-order valence-electron chi connectivity index (χ0n) is 10.6. The van der Waals surface area contributed by atoms with E-state index in [9.17, 15) is 10.1 Å². The van der Waals surface area contributed by atoms with Crippen molar-refractivity contribution in [3.05, 3.63) is 71.5 Å². The standard InChI is InChI=1S/C16H11N3O/c17-10-12-14(18)13-8-4-5-9-19(13)15(12)16(20)11-6-2-1-3-7-11/h1-9H,18H2. The third-order valence-corrected chi connectivity index (χ3v) is 3.25. The van der Waals surface area contributed by atoms with Gasteiger partial charge in [0.15, 0.2) is 0 Å². The predicted molar refractivity (Wildman–Crippen MR) is 76.4 cm³/mol. The van der Waals surface area contributed by atoms with E-state index in [0.717, 1.165) is 0 Å². The molecule has 4 heteroatoms. The molecule has 4 nitrogen and oxygen atoms in total. The Labute approximate surface area is 115 Å². The first-order chi connectivity index (χ1) is 9.74. The Balaban J connectivity index is 2.32. The molecule has 0 fully saturated rings. The minimum Gasteiger partial charge on any atom is -0.396 e. The lowest BCUT2D eigenvalue weighted by atomic mass is 10.1. The minimum absolute atomic E-state index is 0.208. The zero-order valence-corrected chi connectivity index (χ0v) is 10.6. The molecule has 2 N–H and O–H groups in total. The SMILES string of the molecule is N#Cc1c(N)c2ccccn2c1C(=O)c1ccccc1. The lowest BCUT2D eigenvalue weighted by Gasteiger charge is -2.02. The second-order valence-corrected chi connectivity index (χ2v) is 4.40. The van der Waals surface area contributed by atoms with Gasteiger partial charge in [-0.1, -0.05) is 36.4 Å². The van der Waals surface area contributed by atoms with Gasteiger partial charge in [0.05, 0.1) is 11.2 Å². The van der Waals surface area contributed by atoms with Gasteiger partial charge in [-0.25, -0.2) is 0 Å². The van der Waals surface area contributed by atoms with Gasteiger partial charge < -0.3 is 10.1 Å². The van der Waals surface area contributed by atoms with Crippen LogP contribution in [0.15, 0.2) is 54.7 Å². The van der Waals surface area contributed by atoms with Crippen LogP contribution in [0.2, 0.25) is 0 Å². The maximum absolute atomic E-state index is 12.6. The number of rotatable bonds is 2. The quantitative estimate of drug-likeness (QED) is 0.721. The van der Waals surface area contributed by atoms with Gasteiger partial charge in [0.25, 0.3) is 0 Å². The van der Waals surface area contributed by atoms with Gasteiger partial charge in [0.1, 0.15) is 17.3 Å². The molecule has 0 saturated heterocycles. The maximum atomic E-state index is 12.6. The summed E-state index contributed by atoms with van der Waals surface area (Å²) in [6, 6.07) is 16.3. The van der Waals surface area contributed by atoms with Crippen LogP contribution >= 0.6 is 0 Å². The van der Waals surface area contributed by atoms with Crippen LogP contribution in [0.5, 0.6) is 0 Å². The van der Waals surface area contributed by atoms with E-state index in [2.05, 4.69) is 0 Å². The van der Waals surface area contributed by atoms with E-state index >= 15 is 0 Å². The first-order valence-electron chi connectivity index (χ1n) is 6.12. The summed E-state index contributed by atoms with van der Waals surface area (Å²) in [7, 11) is 0. The number of hydrogen-bond donors (Lipinski definition) is 1. The number of carbonyl (C=O) groups is 1. The van der Waals surface area contributed by atoms with E-state index < -0.39 is 0 Å². The molecule has 0 unspecified atom stereocenters. The summed E-state index contributed by atoms with van der Waals surface area (Å²) >= 11 is 0. The van der Waals surface area contributed by atoms with E-state index in [1.807, 2.05) is 18.2 Å². The first kappa shape index (κ1) is 12.0. The third kappa shape index (κ3) is 1.65. The van der Waals surface area contributed by atoms with Crippen molar-refractivity contribution < 1.29 is 4.79 Å². The van der Waals surface area contributed by atoms with Crippen molar-refractivity contribution >= 4 is 17.0 Å². The van der Waals surface area contributed by atoms with Gasteiger partial charge in [-0.05, 0) is 12.1 Å². The highest BCUT2D eigenvalue weighted by molar-refractivity contribution is 6.12. The van der Waals surface area contributed by atoms with Gasteiger partial charge in [0, 0.05) is 11.8 Å². The first-order valence-corrected chi connectivity index (χ1v) is 6.12. The second-order valence-electron chi connectivity index (χ2n) is 4.40. The van der Waals surface area contributed by atoms with Gasteiger partial charge in [-0.15, -0.1) is 0 Å². The number of nitriles is 1. The summed E-state index contributed by atoms with van der Waals surface area (Å²) in [5.74, 6) is -0.208. The number of fused-ring (bicyclic) bond motifs is 1. The normalized spacial score (nSPS) is 10.3. The average molecular weight is 261 g/mol. The molecule has 20 heavy (non-hydrogen) atoms. The monoisotopic (exact) mass is 261 g/mol. The lowest BCUT2D eigenvalue weighted by molar-refractivity contribution is 0.103. The highest BCUT2D eigenvalue weighted by Gasteiger charge is 2.22. The molecule has 0 aliphatic carbocycles. The van der Waals surface area contributed by atoms with Crippen LogP contribution in [0.25, 0.3) is 5.52 Å². The van der Waals surface area contributed by atoms with Crippen LogP contribution in [-0.4, -0.2) is 10.2 Å². The predicted octanol–water partition coefficient (Wildman–Crippen LogP) is 2.62. The van der Waals surface area contributed by atoms with Gasteiger partial charge in [0.2, 0.25) is 5.78 Å². The number of aromatic nitrogens is 1. The number of nitrogens with two attached hydrogens (primary N) is 1. The highest BCUT2D eigenvalue weighted by atomic mass is 16.1. The summed E-state index contributed by atoms with van der Waals surface area (Å²) in [6.45, 7) is 0. The van der Waals surface area contributed by atoms with E-state index in [0.29, 0.717) is 22.5 Å². The topological polar surface area (TPSA) is 71.3 Å². The molecule has 2 heterocycles. The molecule has 3 aromatic rings. The van der Waals surface area contributed by atoms with Crippen LogP contribution in [0.1, 0.15) is 21.6 Å². The van der Waals surface area contributed by atoms with Gasteiger partial charge in [-0.3, -0.25) is 4.79 Å². The number of pyridine rings is 1. The van der Waals surface area contributed by atoms with E-state index in [1.165, 1.54) is 0 Å². The summed E-state index contributed by atoms with van der Waals surface area (Å²) in [4.78, 5) is 12.6. The molecule has 3 rings (SSSR count). The third-order valence-electron chi connectivity index (χ3n) is 3.25. The fourth-order valence-corrected chi connectivity index (χ4v) is 2.30. The van der Waals surface area contributed by atoms with Crippen molar-refractivity contribution in [2.24, 2.45) is 0 Å². The Morgan fingerprint density at radius 3 is 2.50 bits per heavy atom. The largest absolute Gasteiger partial charge is 0.396 e. The number of nitrogen functional groups attached to an aromatic ring is 1. The molecule has 0 saturated carbocycles. The summed E-state index contributed by atoms with van der Waals surface area (Å²) in [5.41, 5.74) is 8.05. The smallest absolute Gasteiger partial charge is 0.211 e. The Kier molecular flexibility index (Phi) is 2.73. The number of hydrogen-bond acceptors (Lipinski definition) is 3. The van der Waals surface area contributed by atoms with Crippen LogP contribution in [0, 0.1) is 11.3 Å². The molecule has 0 amide bonds. The average Bonchev–Trinajstić information content (AvgIpc) is 2.80. The summed E-state index contributed by atoms with van der Waals surface area (Å²) in [6.07, 6.45) is 1.74. The second kappa shape index (κ2) is 4.56. The molecule has 0 radical (unpaired) electrons. The molecule has 0 aliphatic rings. The Morgan fingerprint density at radius 1 is 1.10 bits per heavy atom. The van der Waals surface area contributed by atoms with E-state index in [-0.39, 0.29) is 11.3 Å². The fourth-order valence-electron chi connectivity index (χ4n) is 2.30. The summed E-state index contributed by atoms with van der Waals surface area (Å²) in [5, 5.41) is 9.30. The van der Waals surface area contributed by atoms with Crippen LogP contribution in [-0.2, 0) is 0 Å². The van der Waals surface area contributed by atoms with Crippen molar-refractivity contribution in [1.29, 1.82) is 5.26 Å². The number of benzene rings is 1. The lowest BCUT2D eigenvalue weighted by Crippen LogP contribution is -2.07. The molecule has 96 valence electrons. The fraction of sp³-hybridized carbons (Fsp3) is 0. The van der Waals surface area contributed by atoms with E-state index in [1.54, 1.807) is 47.0 Å². The Morgan fingerprint density at radius 2 is 1.80 bits per heavy atom. The van der Waals surface area contributed by atoms with Crippen LogP contribution in [0.4, 0.5) is 5.69 Å². The van der Waals surface area contributed by atoms with Crippen molar-refractivity contribution in [3.8, 4) is 6.07 Å². The summed E-state index contributed by atoms with van der Waals surface area (Å²) < 4.78 is 1.67. The Bertz CT molecular complexity index is 841. The van der Waals surface area contributed by atoms with Crippen molar-refractivity contribution in [1.82, 2.24) is 4.40 Å². The number of anilines is 1. The van der Waals surface area contributed by atoms with Crippen LogP contribution in [0.3, 0.4) is 0 Å². The molecule has 0 spiro atoms. The number of carbonyl (C=O) groups excluding carboxylic acids is 1. The van der Waals surface area contributed by atoms with Crippen molar-refractivity contribution in [3.63, 3.8) is 0 Å². The minimum atomic E-state index is -0.208. The highest BCUT2D eigenvalue weighted by Crippen LogP contribution is 2.27. The molecule has 2 aromatic heterocycles. The molecule has 0 aliphatic heterocycles. The van der Waals surface area contributed by atoms with Crippen molar-refractivity contribution in [2.75, 3.05) is 5.73 Å². The number of ketones is 1. The van der Waals surface area contributed by atoms with Crippen molar-refractivity contribution in [2.45, 2.75) is 0 Å². The van der Waals surface area contributed by atoms with Gasteiger partial charge in [-0.2, -0.15) is 5.26 Å². The Hall–Kier alpha value is -3.06. The van der Waals surface area contributed by atoms with E-state index in [4.69, 9.17) is 5.73 Å². The molecular formula is C16H11N3O. The van der Waals surface area contributed by atoms with Gasteiger partial charge >= 0.3 is 0 Å². The molecule has 1 aromatic carbocycles. The van der Waals surface area contributed by atoms with Crippen LogP contribution < -0.4 is 5.73 Å².